The van der Waals surface area contributed by atoms with Crippen molar-refractivity contribution >= 4 is 5.96 Å². The van der Waals surface area contributed by atoms with Crippen LogP contribution in [0.5, 0.6) is 0 Å². The largest absolute Gasteiger partial charge is 0.386 e. The summed E-state index contributed by atoms with van der Waals surface area (Å²) >= 11 is 0. The highest BCUT2D eigenvalue weighted by Gasteiger charge is 2.08. The van der Waals surface area contributed by atoms with E-state index < -0.39 is 17.7 Å². The number of guanidine groups is 1. The predicted octanol–water partition coefficient (Wildman–Crippen LogP) is 2.19. The summed E-state index contributed by atoms with van der Waals surface area (Å²) in [5, 5.41) is 16.2. The molecule has 1 aromatic carbocycles. The third-order valence-corrected chi connectivity index (χ3v) is 3.55. The maximum Gasteiger partial charge on any atom is 0.191 e. The van der Waals surface area contributed by atoms with E-state index in [1.165, 1.54) is 6.07 Å². The van der Waals surface area contributed by atoms with Crippen molar-refractivity contribution in [2.24, 2.45) is 4.99 Å². The number of aliphatic hydroxyl groups is 1. The molecule has 0 bridgehead atoms. The maximum absolute atomic E-state index is 13.6. The van der Waals surface area contributed by atoms with E-state index in [1.807, 2.05) is 6.92 Å². The number of rotatable bonds is 7. The van der Waals surface area contributed by atoms with Crippen molar-refractivity contribution in [3.05, 3.63) is 65.5 Å². The van der Waals surface area contributed by atoms with Gasteiger partial charge in [-0.15, -0.1) is 0 Å². The fraction of sp³-hybridized carbons (Fsp3) is 0.333. The van der Waals surface area contributed by atoms with Crippen molar-refractivity contribution < 1.29 is 13.9 Å². The molecule has 0 aliphatic rings. The van der Waals surface area contributed by atoms with Crippen molar-refractivity contribution in [2.45, 2.75) is 19.4 Å². The molecule has 0 aliphatic heterocycles. The third-order valence-electron chi connectivity index (χ3n) is 3.55. The highest BCUT2D eigenvalue weighted by atomic mass is 19.1. The Morgan fingerprint density at radius 1 is 1.20 bits per heavy atom. The van der Waals surface area contributed by atoms with Crippen molar-refractivity contribution in [1.29, 1.82) is 0 Å². The molecule has 1 atom stereocenters. The van der Waals surface area contributed by atoms with E-state index in [2.05, 4.69) is 20.6 Å². The van der Waals surface area contributed by atoms with E-state index in [1.54, 1.807) is 24.5 Å². The molecule has 1 unspecified atom stereocenters. The number of hydrogen-bond donors (Lipinski definition) is 3. The molecule has 1 aromatic heterocycles. The van der Waals surface area contributed by atoms with Crippen LogP contribution in [0.15, 0.2) is 47.7 Å². The van der Waals surface area contributed by atoms with E-state index in [4.69, 9.17) is 0 Å². The fourth-order valence-electron chi connectivity index (χ4n) is 2.26. The summed E-state index contributed by atoms with van der Waals surface area (Å²) in [6.07, 6.45) is 2.80. The highest BCUT2D eigenvalue weighted by Crippen LogP contribution is 2.11. The molecule has 0 aliphatic carbocycles. The van der Waals surface area contributed by atoms with Gasteiger partial charge in [0.1, 0.15) is 11.6 Å². The number of hydrogen-bond acceptors (Lipinski definition) is 3. The minimum absolute atomic E-state index is 0.174. The van der Waals surface area contributed by atoms with E-state index >= 15 is 0 Å². The summed E-state index contributed by atoms with van der Waals surface area (Å²) in [5.74, 6) is -0.386. The summed E-state index contributed by atoms with van der Waals surface area (Å²) in [7, 11) is 0. The van der Waals surface area contributed by atoms with E-state index in [0.717, 1.165) is 17.7 Å². The van der Waals surface area contributed by atoms with Crippen LogP contribution in [-0.4, -0.2) is 35.7 Å². The lowest BCUT2D eigenvalue weighted by atomic mass is 10.1. The van der Waals surface area contributed by atoms with Crippen molar-refractivity contribution in [3.8, 4) is 0 Å². The van der Waals surface area contributed by atoms with Crippen molar-refractivity contribution in [1.82, 2.24) is 15.6 Å². The molecule has 25 heavy (non-hydrogen) atoms. The Morgan fingerprint density at radius 2 is 1.96 bits per heavy atom. The molecule has 5 nitrogen and oxygen atoms in total. The average Bonchev–Trinajstić information content (AvgIpc) is 2.63. The SMILES string of the molecule is CCNC(=NCC(O)c1ccncc1)NCCc1cc(F)ccc1F. The first-order valence-corrected chi connectivity index (χ1v) is 8.14. The molecular weight excluding hydrogens is 326 g/mol. The normalized spacial score (nSPS) is 12.7. The Balaban J connectivity index is 1.90. The van der Waals surface area contributed by atoms with Gasteiger partial charge in [0, 0.05) is 25.5 Å². The van der Waals surface area contributed by atoms with Gasteiger partial charge in [-0.2, -0.15) is 0 Å². The summed E-state index contributed by atoms with van der Waals surface area (Å²) < 4.78 is 26.8. The standard InChI is InChI=1S/C18H22F2N4O/c1-2-22-18(24-12-17(25)13-5-8-21-9-6-13)23-10-7-14-11-15(19)3-4-16(14)20/h3-6,8-9,11,17,25H,2,7,10,12H2,1H3,(H2,22,23,24). The molecule has 0 amide bonds. The fourth-order valence-corrected chi connectivity index (χ4v) is 2.26. The Morgan fingerprint density at radius 3 is 2.68 bits per heavy atom. The van der Waals surface area contributed by atoms with Crippen LogP contribution in [0.2, 0.25) is 0 Å². The molecule has 2 aromatic rings. The molecule has 0 spiro atoms. The van der Waals surface area contributed by atoms with Gasteiger partial charge in [-0.25, -0.2) is 8.78 Å². The zero-order valence-electron chi connectivity index (χ0n) is 14.0. The van der Waals surface area contributed by atoms with Crippen molar-refractivity contribution in [3.63, 3.8) is 0 Å². The number of halogens is 2. The van der Waals surface area contributed by atoms with Crippen LogP contribution >= 0.6 is 0 Å². The summed E-state index contributed by atoms with van der Waals surface area (Å²) in [4.78, 5) is 8.22. The van der Waals surface area contributed by atoms with Gasteiger partial charge in [0.25, 0.3) is 0 Å². The number of pyridine rings is 1. The van der Waals surface area contributed by atoms with Crippen LogP contribution in [0.25, 0.3) is 0 Å². The number of aliphatic hydroxyl groups excluding tert-OH is 1. The Hall–Kier alpha value is -2.54. The van der Waals surface area contributed by atoms with Crippen LogP contribution in [0.4, 0.5) is 8.78 Å². The van der Waals surface area contributed by atoms with Crippen LogP contribution in [-0.2, 0) is 6.42 Å². The van der Waals surface area contributed by atoms with Gasteiger partial charge in [0.2, 0.25) is 0 Å². The maximum atomic E-state index is 13.6. The first kappa shape index (κ1) is 18.8. The molecule has 0 fully saturated rings. The lowest BCUT2D eigenvalue weighted by molar-refractivity contribution is 0.187. The number of nitrogens with zero attached hydrogens (tertiary/aromatic N) is 2. The molecule has 2 rings (SSSR count). The minimum atomic E-state index is -0.737. The van der Waals surface area contributed by atoms with Gasteiger partial charge in [-0.3, -0.25) is 9.98 Å². The average molecular weight is 348 g/mol. The second-order valence-electron chi connectivity index (χ2n) is 5.43. The van der Waals surface area contributed by atoms with Gasteiger partial charge in [0.15, 0.2) is 5.96 Å². The molecule has 3 N–H and O–H groups in total. The van der Waals surface area contributed by atoms with E-state index in [9.17, 15) is 13.9 Å². The minimum Gasteiger partial charge on any atom is -0.386 e. The molecule has 0 radical (unpaired) electrons. The number of benzene rings is 1. The van der Waals surface area contributed by atoms with Gasteiger partial charge in [-0.05, 0) is 54.8 Å². The lowest BCUT2D eigenvalue weighted by Crippen LogP contribution is -2.38. The second kappa shape index (κ2) is 9.68. The number of aromatic nitrogens is 1. The molecular formula is C18H22F2N4O. The Bertz CT molecular complexity index is 695. The first-order valence-electron chi connectivity index (χ1n) is 8.14. The molecule has 1 heterocycles. The van der Waals surface area contributed by atoms with Crippen molar-refractivity contribution in [2.75, 3.05) is 19.6 Å². The van der Waals surface area contributed by atoms with Crippen LogP contribution in [0.1, 0.15) is 24.2 Å². The lowest BCUT2D eigenvalue weighted by Gasteiger charge is -2.13. The summed E-state index contributed by atoms with van der Waals surface area (Å²) in [5.41, 5.74) is 1.04. The van der Waals surface area contributed by atoms with E-state index in [-0.39, 0.29) is 6.54 Å². The summed E-state index contributed by atoms with van der Waals surface area (Å²) in [6.45, 7) is 3.12. The van der Waals surface area contributed by atoms with Crippen LogP contribution < -0.4 is 10.6 Å². The second-order valence-corrected chi connectivity index (χ2v) is 5.43. The topological polar surface area (TPSA) is 69.5 Å². The van der Waals surface area contributed by atoms with Crippen LogP contribution in [0, 0.1) is 11.6 Å². The molecule has 0 saturated heterocycles. The van der Waals surface area contributed by atoms with Gasteiger partial charge < -0.3 is 15.7 Å². The van der Waals surface area contributed by atoms with E-state index in [0.29, 0.717) is 31.0 Å². The quantitative estimate of drug-likeness (QED) is 0.530. The van der Waals surface area contributed by atoms with Gasteiger partial charge >= 0.3 is 0 Å². The van der Waals surface area contributed by atoms with Gasteiger partial charge in [-0.1, -0.05) is 0 Å². The zero-order chi connectivity index (χ0) is 18.1. The predicted molar refractivity (Wildman–Crippen MR) is 93.2 cm³/mol. The summed E-state index contributed by atoms with van der Waals surface area (Å²) in [6, 6.07) is 6.86. The van der Waals surface area contributed by atoms with Gasteiger partial charge in [0.05, 0.1) is 12.6 Å². The smallest absolute Gasteiger partial charge is 0.191 e. The number of aliphatic imine (C=N–C) groups is 1. The molecule has 7 heteroatoms. The first-order chi connectivity index (χ1) is 12.1. The Kier molecular flexibility index (Phi) is 7.28. The molecule has 0 saturated carbocycles. The molecule has 134 valence electrons. The zero-order valence-corrected chi connectivity index (χ0v) is 14.0. The van der Waals surface area contributed by atoms with Crippen LogP contribution in [0.3, 0.4) is 0 Å². The third kappa shape index (κ3) is 6.11. The number of nitrogens with one attached hydrogen (secondary N) is 2. The monoisotopic (exact) mass is 348 g/mol. The Labute approximate surface area is 145 Å². The highest BCUT2D eigenvalue weighted by molar-refractivity contribution is 5.79.